The molecule has 5 aromatic heterocycles. The van der Waals surface area contributed by atoms with Crippen LogP contribution in [0.25, 0.3) is 53.9 Å². The van der Waals surface area contributed by atoms with E-state index in [1.807, 2.05) is 85.2 Å². The van der Waals surface area contributed by atoms with Gasteiger partial charge < -0.3 is 4.98 Å². The van der Waals surface area contributed by atoms with Gasteiger partial charge in [-0.2, -0.15) is 15.3 Å². The van der Waals surface area contributed by atoms with E-state index in [0.29, 0.717) is 0 Å². The third-order valence-corrected chi connectivity index (χ3v) is 10.5. The van der Waals surface area contributed by atoms with Crippen LogP contribution in [0.3, 0.4) is 0 Å². The highest BCUT2D eigenvalue weighted by molar-refractivity contribution is 6.07. The van der Waals surface area contributed by atoms with E-state index in [1.165, 1.54) is 60.2 Å². The summed E-state index contributed by atoms with van der Waals surface area (Å²) in [6.45, 7) is 0. The molecule has 0 aliphatic carbocycles. The van der Waals surface area contributed by atoms with Crippen LogP contribution < -0.4 is 0 Å². The van der Waals surface area contributed by atoms with Gasteiger partial charge in [-0.05, 0) is 102 Å². The third kappa shape index (κ3) is 22.8. The number of fused-ring (bicyclic) bond motifs is 6. The van der Waals surface area contributed by atoms with Crippen molar-refractivity contribution in [2.45, 2.75) is 6.42 Å². The molecule has 0 saturated heterocycles. The number of aromatic amines is 2. The van der Waals surface area contributed by atoms with Crippen LogP contribution in [0.5, 0.6) is 0 Å². The highest BCUT2D eigenvalue weighted by Gasteiger charge is 1.98. The molecule has 9 aromatic carbocycles. The van der Waals surface area contributed by atoms with Crippen LogP contribution in [0, 0.1) is 0 Å². The molecule has 2 N–H and O–H groups in total. The van der Waals surface area contributed by atoms with Crippen LogP contribution in [0.2, 0.25) is 0 Å². The maximum atomic E-state index is 3.78. The predicted octanol–water partition coefficient (Wildman–Crippen LogP) is 16.4. The molecule has 77 heavy (non-hydrogen) atoms. The summed E-state index contributed by atoms with van der Waals surface area (Å²) in [4.78, 5) is 21.4. The molecule has 1 aliphatic rings. The van der Waals surface area contributed by atoms with Crippen LogP contribution in [0.4, 0.5) is 0 Å². The summed E-state index contributed by atoms with van der Waals surface area (Å²) >= 11 is 0. The Hall–Kier alpha value is -10.6. The Morgan fingerprint density at radius 2 is 0.623 bits per heavy atom. The van der Waals surface area contributed by atoms with Crippen molar-refractivity contribution in [1.29, 1.82) is 0 Å². The van der Waals surface area contributed by atoms with Crippen molar-refractivity contribution in [3.63, 3.8) is 0 Å². The van der Waals surface area contributed by atoms with E-state index >= 15 is 0 Å². The monoisotopic (exact) mass is 1000 g/mol. The molecule has 1 aliphatic heterocycles. The standard InChI is InChI=1S/2C14H10.C10H8.C6H6.C5H5N.2C4H4N2.C4H5N.2C3H4N2/c1-3-7-13-11(5-1)9-10-12-6-2-4-8-14(12)13;1-2-6-12-10-14-8-4-3-7-13(14)9-11(12)5-1;1-2-6-10-8-4-3-7-9(10)5-1;2*1-2-4-6-5-3-1;1-2-6-4-3-5-1;1-2-5-4-6-3-1;3*1-2-4-5-3-1/h2*1-10H;1-8H;1-6H;1-5H;2*1-4H;1-5H;2-3H,1H2;1-3H,(H,4,5). The van der Waals surface area contributed by atoms with E-state index in [0.717, 1.165) is 6.42 Å². The summed E-state index contributed by atoms with van der Waals surface area (Å²) in [5.41, 5.74) is 0. The zero-order valence-corrected chi connectivity index (χ0v) is 42.6. The zero-order chi connectivity index (χ0) is 53.1. The Kier molecular flexibility index (Phi) is 26.3. The third-order valence-electron chi connectivity index (χ3n) is 10.5. The van der Waals surface area contributed by atoms with Crippen molar-refractivity contribution < 1.29 is 0 Å². The zero-order valence-electron chi connectivity index (χ0n) is 42.6. The molecule has 10 heteroatoms. The van der Waals surface area contributed by atoms with Crippen LogP contribution >= 0.6 is 0 Å². The van der Waals surface area contributed by atoms with Gasteiger partial charge in [-0.1, -0.05) is 200 Å². The van der Waals surface area contributed by atoms with Crippen LogP contribution in [-0.4, -0.2) is 52.5 Å². The fraction of sp³-hybridized carbons (Fsp3) is 0.0149. The summed E-state index contributed by atoms with van der Waals surface area (Å²) in [5.74, 6) is 0. The smallest absolute Gasteiger partial charge is 0.115 e. The van der Waals surface area contributed by atoms with Crippen LogP contribution in [0.1, 0.15) is 6.42 Å². The van der Waals surface area contributed by atoms with Crippen molar-refractivity contribution in [3.05, 3.63) is 329 Å². The topological polar surface area (TPSA) is 134 Å². The van der Waals surface area contributed by atoms with Gasteiger partial charge in [-0.25, -0.2) is 9.97 Å². The number of hydrogen-bond donors (Lipinski definition) is 2. The second-order valence-electron chi connectivity index (χ2n) is 15.9. The molecular weight excluding hydrogens is 945 g/mol. The average molecular weight is 1010 g/mol. The lowest BCUT2D eigenvalue weighted by atomic mass is 10.0. The Morgan fingerprint density at radius 3 is 0.870 bits per heavy atom. The first-order valence-electron chi connectivity index (χ1n) is 24.8. The quantitative estimate of drug-likeness (QED) is 0.115. The van der Waals surface area contributed by atoms with E-state index in [2.05, 4.69) is 220 Å². The van der Waals surface area contributed by atoms with Gasteiger partial charge in [0.25, 0.3) is 0 Å². The first kappa shape index (κ1) is 55.7. The summed E-state index contributed by atoms with van der Waals surface area (Å²) in [5, 5.41) is 26.4. The lowest BCUT2D eigenvalue weighted by molar-refractivity contribution is 1.09. The fourth-order valence-electron chi connectivity index (χ4n) is 6.90. The lowest BCUT2D eigenvalue weighted by Crippen LogP contribution is -1.75. The van der Waals surface area contributed by atoms with Crippen molar-refractivity contribution >= 4 is 66.3 Å². The molecule has 378 valence electrons. The van der Waals surface area contributed by atoms with E-state index in [1.54, 1.807) is 80.5 Å². The van der Waals surface area contributed by atoms with Gasteiger partial charge in [-0.3, -0.25) is 20.1 Å². The minimum Gasteiger partial charge on any atom is -0.368 e. The largest absolute Gasteiger partial charge is 0.368 e. The summed E-state index contributed by atoms with van der Waals surface area (Å²) in [7, 11) is 0. The molecule has 10 nitrogen and oxygen atoms in total. The first-order valence-corrected chi connectivity index (χ1v) is 24.8. The molecular formula is C67H60N10. The fourth-order valence-corrected chi connectivity index (χ4v) is 6.90. The number of H-pyrrole nitrogens is 2. The van der Waals surface area contributed by atoms with E-state index in [9.17, 15) is 0 Å². The maximum absolute atomic E-state index is 3.78. The van der Waals surface area contributed by atoms with Gasteiger partial charge in [0.1, 0.15) is 6.33 Å². The van der Waals surface area contributed by atoms with Crippen molar-refractivity contribution in [1.82, 2.24) is 40.1 Å². The predicted molar refractivity (Wildman–Crippen MR) is 323 cm³/mol. The van der Waals surface area contributed by atoms with Crippen LogP contribution in [-0.2, 0) is 0 Å². The Bertz CT molecular complexity index is 3130. The second-order valence-corrected chi connectivity index (χ2v) is 15.9. The minimum atomic E-state index is 0.917. The number of nitrogens with one attached hydrogen (secondary N) is 2. The van der Waals surface area contributed by atoms with Gasteiger partial charge in [-0.15, -0.1) is 0 Å². The number of benzene rings is 9. The summed E-state index contributed by atoms with van der Waals surface area (Å²) in [6.07, 6.45) is 26.6. The minimum absolute atomic E-state index is 0.917. The Balaban J connectivity index is 0.000000143. The molecule has 0 amide bonds. The normalized spacial score (nSPS) is 9.92. The summed E-state index contributed by atoms with van der Waals surface area (Å²) < 4.78 is 0. The highest BCUT2D eigenvalue weighted by atomic mass is 15.2. The molecule has 6 heterocycles. The first-order chi connectivity index (χ1) is 38.3. The molecule has 0 spiro atoms. The van der Waals surface area contributed by atoms with E-state index in [-0.39, 0.29) is 0 Å². The van der Waals surface area contributed by atoms with Crippen molar-refractivity contribution in [2.75, 3.05) is 0 Å². The number of aromatic nitrogens is 8. The number of rotatable bonds is 0. The second kappa shape index (κ2) is 36.4. The highest BCUT2D eigenvalue weighted by Crippen LogP contribution is 2.25. The molecule has 0 unspecified atom stereocenters. The van der Waals surface area contributed by atoms with E-state index < -0.39 is 0 Å². The van der Waals surface area contributed by atoms with Crippen molar-refractivity contribution in [3.8, 4) is 0 Å². The van der Waals surface area contributed by atoms with Gasteiger partial charge in [0.2, 0.25) is 0 Å². The SMILES string of the molecule is C1=NN=CC1.c1cc[nH]c1.c1ccc2c(c1)ccc1ccccc12.c1ccc2cc3ccccc3cc2c1.c1ccc2ccccc2c1.c1ccccc1.c1ccncc1.c1cn[nH]c1.c1cnccn1.c1cncnc1. The molecule has 15 rings (SSSR count). The number of pyridine rings is 1. The molecule has 0 saturated carbocycles. The molecule has 0 atom stereocenters. The van der Waals surface area contributed by atoms with Gasteiger partial charge in [0.05, 0.1) is 0 Å². The maximum Gasteiger partial charge on any atom is 0.115 e. The van der Waals surface area contributed by atoms with Crippen molar-refractivity contribution in [2.24, 2.45) is 10.2 Å². The average Bonchev–Trinajstić information content (AvgIpc) is 4.43. The Morgan fingerprint density at radius 1 is 0.260 bits per heavy atom. The lowest BCUT2D eigenvalue weighted by Gasteiger charge is -2.02. The number of hydrogen-bond acceptors (Lipinski definition) is 8. The van der Waals surface area contributed by atoms with Gasteiger partial charge in [0.15, 0.2) is 0 Å². The molecule has 0 fully saturated rings. The van der Waals surface area contributed by atoms with Gasteiger partial charge in [0, 0.05) is 93.2 Å². The number of nitrogens with zero attached hydrogens (tertiary/aromatic N) is 8. The summed E-state index contributed by atoms with van der Waals surface area (Å²) in [6, 6.07) is 84.7. The van der Waals surface area contributed by atoms with Gasteiger partial charge >= 0.3 is 0 Å². The Labute approximate surface area is 450 Å². The molecule has 14 aromatic rings. The van der Waals surface area contributed by atoms with E-state index in [4.69, 9.17) is 0 Å². The molecule has 0 bridgehead atoms. The molecule has 0 radical (unpaired) electrons. The van der Waals surface area contributed by atoms with Crippen LogP contribution in [0.15, 0.2) is 340 Å².